The second-order valence-electron chi connectivity index (χ2n) is 3.17. The zero-order valence-electron chi connectivity index (χ0n) is 8.29. The van der Waals surface area contributed by atoms with E-state index in [2.05, 4.69) is 9.44 Å². The maximum Gasteiger partial charge on any atom is 0.276 e. The average molecular weight is 210 g/mol. The van der Waals surface area contributed by atoms with Crippen LogP contribution < -0.4 is 9.44 Å². The van der Waals surface area contributed by atoms with Crippen molar-refractivity contribution < 1.29 is 13.5 Å². The van der Waals surface area contributed by atoms with E-state index in [9.17, 15) is 13.5 Å². The summed E-state index contributed by atoms with van der Waals surface area (Å²) in [6.07, 6.45) is 0.502. The molecule has 0 aliphatic heterocycles. The molecule has 1 atom stereocenters. The van der Waals surface area contributed by atoms with Gasteiger partial charge in [-0.3, -0.25) is 0 Å². The van der Waals surface area contributed by atoms with Crippen molar-refractivity contribution in [2.45, 2.75) is 32.8 Å². The van der Waals surface area contributed by atoms with Crippen molar-refractivity contribution in [3.63, 3.8) is 0 Å². The molecule has 80 valence electrons. The summed E-state index contributed by atoms with van der Waals surface area (Å²) in [5.74, 6) is 0. The molecule has 0 saturated heterocycles. The van der Waals surface area contributed by atoms with Crippen molar-refractivity contribution in [2.24, 2.45) is 0 Å². The fraction of sp³-hybridized carbons (Fsp3) is 1.00. The summed E-state index contributed by atoms with van der Waals surface area (Å²) in [6, 6.07) is 0. The number of hydrogen-bond acceptors (Lipinski definition) is 3. The Morgan fingerprint density at radius 2 is 1.85 bits per heavy atom. The number of hydrogen-bond donors (Lipinski definition) is 3. The summed E-state index contributed by atoms with van der Waals surface area (Å²) in [4.78, 5) is 0. The predicted molar refractivity (Wildman–Crippen MR) is 51.5 cm³/mol. The molecule has 0 bridgehead atoms. The van der Waals surface area contributed by atoms with Gasteiger partial charge < -0.3 is 5.11 Å². The Balaban J connectivity index is 4.02. The van der Waals surface area contributed by atoms with Gasteiger partial charge in [-0.2, -0.15) is 13.1 Å². The van der Waals surface area contributed by atoms with E-state index in [-0.39, 0.29) is 6.54 Å². The van der Waals surface area contributed by atoms with Crippen LogP contribution in [0.5, 0.6) is 0 Å². The van der Waals surface area contributed by atoms with Gasteiger partial charge in [-0.25, -0.2) is 4.72 Å². The first kappa shape index (κ1) is 12.8. The van der Waals surface area contributed by atoms with Gasteiger partial charge in [0.1, 0.15) is 0 Å². The van der Waals surface area contributed by atoms with Gasteiger partial charge in [0.25, 0.3) is 10.2 Å². The summed E-state index contributed by atoms with van der Waals surface area (Å²) in [6.45, 7) is 5.43. The van der Waals surface area contributed by atoms with Gasteiger partial charge in [0.05, 0.1) is 5.60 Å². The van der Waals surface area contributed by atoms with Gasteiger partial charge in [0.15, 0.2) is 0 Å². The van der Waals surface area contributed by atoms with Gasteiger partial charge in [0.2, 0.25) is 0 Å². The highest BCUT2D eigenvalue weighted by molar-refractivity contribution is 7.87. The first-order chi connectivity index (χ1) is 5.83. The van der Waals surface area contributed by atoms with Crippen LogP contribution >= 0.6 is 0 Å². The lowest BCUT2D eigenvalue weighted by atomic mass is 10.1. The minimum absolute atomic E-state index is 0.0266. The largest absolute Gasteiger partial charge is 0.389 e. The third-order valence-corrected chi connectivity index (χ3v) is 2.93. The fourth-order valence-corrected chi connectivity index (χ4v) is 1.60. The molecule has 0 radical (unpaired) electrons. The SMILES string of the molecule is CCNS(=O)(=O)NCC(C)(O)CC. The van der Waals surface area contributed by atoms with Crippen LogP contribution in [0.4, 0.5) is 0 Å². The number of aliphatic hydroxyl groups is 1. The van der Waals surface area contributed by atoms with E-state index in [1.807, 2.05) is 0 Å². The third-order valence-electron chi connectivity index (χ3n) is 1.74. The van der Waals surface area contributed by atoms with Crippen LogP contribution in [-0.2, 0) is 10.2 Å². The monoisotopic (exact) mass is 210 g/mol. The highest BCUT2D eigenvalue weighted by Crippen LogP contribution is 2.05. The summed E-state index contributed by atoms with van der Waals surface area (Å²) >= 11 is 0. The van der Waals surface area contributed by atoms with Crippen LogP contribution in [0.15, 0.2) is 0 Å². The van der Waals surface area contributed by atoms with Crippen LogP contribution in [0.1, 0.15) is 27.2 Å². The molecule has 0 aromatic carbocycles. The molecular formula is C7H18N2O3S. The van der Waals surface area contributed by atoms with Crippen LogP contribution in [-0.4, -0.2) is 32.2 Å². The van der Waals surface area contributed by atoms with Gasteiger partial charge in [0, 0.05) is 13.1 Å². The highest BCUT2D eigenvalue weighted by Gasteiger charge is 2.20. The molecule has 0 amide bonds. The maximum absolute atomic E-state index is 11.1. The molecule has 0 fully saturated rings. The molecule has 6 heteroatoms. The highest BCUT2D eigenvalue weighted by atomic mass is 32.2. The minimum Gasteiger partial charge on any atom is -0.389 e. The molecule has 1 unspecified atom stereocenters. The molecule has 13 heavy (non-hydrogen) atoms. The molecule has 0 aliphatic rings. The van der Waals surface area contributed by atoms with E-state index in [1.54, 1.807) is 20.8 Å². The minimum atomic E-state index is -3.43. The average Bonchev–Trinajstić information content (AvgIpc) is 2.02. The van der Waals surface area contributed by atoms with Crippen molar-refractivity contribution in [3.05, 3.63) is 0 Å². The normalized spacial score (nSPS) is 16.9. The molecule has 3 N–H and O–H groups in total. The Labute approximate surface area is 79.7 Å². The quantitative estimate of drug-likeness (QED) is 0.558. The second-order valence-corrected chi connectivity index (χ2v) is 4.76. The van der Waals surface area contributed by atoms with Crippen LogP contribution in [0, 0.1) is 0 Å². The van der Waals surface area contributed by atoms with E-state index in [0.717, 1.165) is 0 Å². The lowest BCUT2D eigenvalue weighted by molar-refractivity contribution is 0.0613. The zero-order valence-corrected chi connectivity index (χ0v) is 9.11. The molecule has 0 saturated carbocycles. The molecule has 0 spiro atoms. The Morgan fingerprint density at radius 1 is 1.31 bits per heavy atom. The van der Waals surface area contributed by atoms with E-state index in [1.165, 1.54) is 0 Å². The molecule has 0 heterocycles. The van der Waals surface area contributed by atoms with Crippen LogP contribution in [0.2, 0.25) is 0 Å². The number of nitrogens with one attached hydrogen (secondary N) is 2. The lowest BCUT2D eigenvalue weighted by Crippen LogP contribution is -2.44. The Morgan fingerprint density at radius 3 is 2.23 bits per heavy atom. The maximum atomic E-state index is 11.1. The van der Waals surface area contributed by atoms with Gasteiger partial charge in [-0.1, -0.05) is 13.8 Å². The van der Waals surface area contributed by atoms with E-state index >= 15 is 0 Å². The van der Waals surface area contributed by atoms with Crippen LogP contribution in [0.3, 0.4) is 0 Å². The van der Waals surface area contributed by atoms with Crippen molar-refractivity contribution in [2.75, 3.05) is 13.1 Å². The summed E-state index contributed by atoms with van der Waals surface area (Å²) in [7, 11) is -3.43. The zero-order chi connectivity index (χ0) is 10.5. The summed E-state index contributed by atoms with van der Waals surface area (Å²) < 4.78 is 26.7. The van der Waals surface area contributed by atoms with E-state index < -0.39 is 15.8 Å². The van der Waals surface area contributed by atoms with E-state index in [0.29, 0.717) is 13.0 Å². The molecule has 0 aromatic heterocycles. The first-order valence-corrected chi connectivity index (χ1v) is 5.78. The van der Waals surface area contributed by atoms with Crippen molar-refractivity contribution in [1.29, 1.82) is 0 Å². The third kappa shape index (κ3) is 5.98. The lowest BCUT2D eigenvalue weighted by Gasteiger charge is -2.21. The van der Waals surface area contributed by atoms with Crippen LogP contribution in [0.25, 0.3) is 0 Å². The van der Waals surface area contributed by atoms with Gasteiger partial charge in [-0.05, 0) is 13.3 Å². The molecular weight excluding hydrogens is 192 g/mol. The van der Waals surface area contributed by atoms with Crippen molar-refractivity contribution in [3.8, 4) is 0 Å². The van der Waals surface area contributed by atoms with Gasteiger partial charge in [-0.15, -0.1) is 0 Å². The molecule has 0 rings (SSSR count). The van der Waals surface area contributed by atoms with Gasteiger partial charge >= 0.3 is 0 Å². The standard InChI is InChI=1S/C7H18N2O3S/c1-4-7(3,10)6-9-13(11,12)8-5-2/h8-10H,4-6H2,1-3H3. The summed E-state index contributed by atoms with van der Waals surface area (Å²) in [5, 5.41) is 9.50. The molecule has 5 nitrogen and oxygen atoms in total. The molecule has 0 aromatic rings. The first-order valence-electron chi connectivity index (χ1n) is 4.29. The smallest absolute Gasteiger partial charge is 0.276 e. The predicted octanol–water partition coefficient (Wildman–Crippen LogP) is -0.409. The summed E-state index contributed by atoms with van der Waals surface area (Å²) in [5.41, 5.74) is -0.984. The van der Waals surface area contributed by atoms with E-state index in [4.69, 9.17) is 0 Å². The Hall–Kier alpha value is -0.170. The Kier molecular flexibility index (Phi) is 4.83. The fourth-order valence-electron chi connectivity index (χ4n) is 0.617. The van der Waals surface area contributed by atoms with Crippen molar-refractivity contribution in [1.82, 2.24) is 9.44 Å². The second kappa shape index (κ2) is 4.90. The number of rotatable bonds is 6. The molecule has 0 aliphatic carbocycles. The topological polar surface area (TPSA) is 78.4 Å². The van der Waals surface area contributed by atoms with Crippen molar-refractivity contribution >= 4 is 10.2 Å². The Bertz CT molecular complexity index is 236.